The van der Waals surface area contributed by atoms with E-state index < -0.39 is 0 Å². The molecule has 0 unspecified atom stereocenters. The van der Waals surface area contributed by atoms with Gasteiger partial charge in [-0.2, -0.15) is 0 Å². The van der Waals surface area contributed by atoms with Gasteiger partial charge < -0.3 is 15.4 Å². The van der Waals surface area contributed by atoms with Crippen LogP contribution in [0.3, 0.4) is 0 Å². The minimum atomic E-state index is -0.0251. The third-order valence-corrected chi connectivity index (χ3v) is 5.26. The van der Waals surface area contributed by atoms with Crippen LogP contribution in [-0.2, 0) is 11.3 Å². The molecular formula is C17H18N4O2S. The Morgan fingerprint density at radius 3 is 3.00 bits per heavy atom. The number of ether oxygens (including phenoxy) is 1. The predicted octanol–water partition coefficient (Wildman–Crippen LogP) is 2.58. The number of rotatable bonds is 3. The van der Waals surface area contributed by atoms with Crippen molar-refractivity contribution in [3.8, 4) is 17.0 Å². The highest BCUT2D eigenvalue weighted by molar-refractivity contribution is 7.15. The molecule has 0 saturated heterocycles. The lowest BCUT2D eigenvalue weighted by molar-refractivity contribution is -0.121. The Bertz CT molecular complexity index is 944. The van der Waals surface area contributed by atoms with Gasteiger partial charge in [0, 0.05) is 29.7 Å². The first-order valence-corrected chi connectivity index (χ1v) is 8.75. The van der Waals surface area contributed by atoms with Crippen LogP contribution in [0.5, 0.6) is 5.75 Å². The molecule has 0 saturated carbocycles. The van der Waals surface area contributed by atoms with E-state index in [-0.39, 0.29) is 12.5 Å². The molecule has 1 aliphatic rings. The molecular weight excluding hydrogens is 324 g/mol. The van der Waals surface area contributed by atoms with E-state index in [9.17, 15) is 4.79 Å². The second-order valence-corrected chi connectivity index (χ2v) is 6.55. The summed E-state index contributed by atoms with van der Waals surface area (Å²) in [5.41, 5.74) is 10.7. The van der Waals surface area contributed by atoms with Crippen LogP contribution in [0, 0.1) is 6.92 Å². The molecule has 0 fully saturated rings. The van der Waals surface area contributed by atoms with E-state index >= 15 is 0 Å². The van der Waals surface area contributed by atoms with Gasteiger partial charge in [-0.3, -0.25) is 9.20 Å². The van der Waals surface area contributed by atoms with E-state index in [0.29, 0.717) is 13.1 Å². The average molecular weight is 342 g/mol. The molecule has 124 valence electrons. The topological polar surface area (TPSA) is 72.9 Å². The van der Waals surface area contributed by atoms with Gasteiger partial charge in [-0.1, -0.05) is 0 Å². The molecule has 1 aromatic carbocycles. The minimum absolute atomic E-state index is 0.0251. The monoisotopic (exact) mass is 342 g/mol. The standard InChI is InChI=1S/C17H18N4O2S/c1-3-20-12-6-11(4-5-14(12)23-8-15(20)22)16-13(7-18)21-10(2)9-24-17(21)19-16/h4-6,9H,3,7-8,18H2,1-2H3. The summed E-state index contributed by atoms with van der Waals surface area (Å²) in [5.74, 6) is 0.703. The number of imidazole rings is 1. The SMILES string of the molecule is CCN1C(=O)COc2ccc(-c3nc4scc(C)n4c3CN)cc21. The maximum Gasteiger partial charge on any atom is 0.265 e. The maximum atomic E-state index is 12.1. The summed E-state index contributed by atoms with van der Waals surface area (Å²) in [6.45, 7) is 5.11. The summed E-state index contributed by atoms with van der Waals surface area (Å²) in [6, 6.07) is 5.85. The summed E-state index contributed by atoms with van der Waals surface area (Å²) >= 11 is 1.60. The fourth-order valence-electron chi connectivity index (χ4n) is 3.18. The summed E-state index contributed by atoms with van der Waals surface area (Å²) in [4.78, 5) is 19.5. The molecule has 2 aromatic heterocycles. The normalized spacial score (nSPS) is 14.1. The predicted molar refractivity (Wildman–Crippen MR) is 94.7 cm³/mol. The molecule has 0 bridgehead atoms. The van der Waals surface area contributed by atoms with Crippen molar-refractivity contribution in [3.63, 3.8) is 0 Å². The van der Waals surface area contributed by atoms with Gasteiger partial charge in [-0.15, -0.1) is 11.3 Å². The summed E-state index contributed by atoms with van der Waals surface area (Å²) in [5, 5.41) is 2.07. The van der Waals surface area contributed by atoms with Crippen molar-refractivity contribution < 1.29 is 9.53 Å². The molecule has 0 atom stereocenters. The van der Waals surface area contributed by atoms with Gasteiger partial charge in [0.25, 0.3) is 5.91 Å². The van der Waals surface area contributed by atoms with E-state index in [1.165, 1.54) is 0 Å². The van der Waals surface area contributed by atoms with Crippen molar-refractivity contribution in [1.29, 1.82) is 0 Å². The Kier molecular flexibility index (Phi) is 3.54. The second kappa shape index (κ2) is 5.61. The number of aromatic nitrogens is 2. The molecule has 0 radical (unpaired) electrons. The number of amides is 1. The van der Waals surface area contributed by atoms with Crippen molar-refractivity contribution in [3.05, 3.63) is 35.0 Å². The van der Waals surface area contributed by atoms with Crippen molar-refractivity contribution in [2.24, 2.45) is 5.73 Å². The van der Waals surface area contributed by atoms with E-state index in [4.69, 9.17) is 15.5 Å². The number of anilines is 1. The Morgan fingerprint density at radius 1 is 1.42 bits per heavy atom. The molecule has 0 spiro atoms. The zero-order valence-electron chi connectivity index (χ0n) is 13.6. The lowest BCUT2D eigenvalue weighted by atomic mass is 10.1. The quantitative estimate of drug-likeness (QED) is 0.794. The Balaban J connectivity index is 1.89. The highest BCUT2D eigenvalue weighted by atomic mass is 32.1. The van der Waals surface area contributed by atoms with Crippen molar-refractivity contribution >= 4 is 27.9 Å². The number of thiazole rings is 1. The van der Waals surface area contributed by atoms with Crippen LogP contribution >= 0.6 is 11.3 Å². The Hall–Kier alpha value is -2.38. The van der Waals surface area contributed by atoms with Crippen LogP contribution in [0.2, 0.25) is 0 Å². The first-order chi connectivity index (χ1) is 11.6. The van der Waals surface area contributed by atoms with E-state index in [2.05, 4.69) is 9.78 Å². The van der Waals surface area contributed by atoms with Crippen LogP contribution in [-0.4, -0.2) is 28.4 Å². The van der Waals surface area contributed by atoms with E-state index in [1.54, 1.807) is 16.2 Å². The molecule has 0 aliphatic carbocycles. The van der Waals surface area contributed by atoms with Gasteiger partial charge in [0.1, 0.15) is 5.75 Å². The van der Waals surface area contributed by atoms with Crippen molar-refractivity contribution in [2.45, 2.75) is 20.4 Å². The number of benzene rings is 1. The average Bonchev–Trinajstić information content (AvgIpc) is 3.14. The lowest BCUT2D eigenvalue weighted by Crippen LogP contribution is -2.38. The number of nitrogens with zero attached hydrogens (tertiary/aromatic N) is 3. The largest absolute Gasteiger partial charge is 0.482 e. The number of fused-ring (bicyclic) bond motifs is 2. The molecule has 1 amide bonds. The zero-order valence-corrected chi connectivity index (χ0v) is 14.4. The van der Waals surface area contributed by atoms with Gasteiger partial charge in [0.15, 0.2) is 11.6 Å². The molecule has 6 nitrogen and oxygen atoms in total. The number of carbonyl (C=O) groups excluding carboxylic acids is 1. The molecule has 3 aromatic rings. The highest BCUT2D eigenvalue weighted by Crippen LogP contribution is 2.37. The van der Waals surface area contributed by atoms with Crippen LogP contribution in [0.4, 0.5) is 5.69 Å². The highest BCUT2D eigenvalue weighted by Gasteiger charge is 2.25. The third kappa shape index (κ3) is 2.12. The Morgan fingerprint density at radius 2 is 2.25 bits per heavy atom. The van der Waals surface area contributed by atoms with Gasteiger partial charge >= 0.3 is 0 Å². The summed E-state index contributed by atoms with van der Waals surface area (Å²) in [6.07, 6.45) is 0. The number of likely N-dealkylation sites (N-methyl/N-ethyl adjacent to an activating group) is 1. The van der Waals surface area contributed by atoms with Gasteiger partial charge in [-0.25, -0.2) is 4.98 Å². The van der Waals surface area contributed by atoms with Crippen LogP contribution in [0.15, 0.2) is 23.6 Å². The molecule has 2 N–H and O–H groups in total. The second-order valence-electron chi connectivity index (χ2n) is 5.72. The molecule has 24 heavy (non-hydrogen) atoms. The number of nitrogens with two attached hydrogens (primary N) is 1. The summed E-state index contributed by atoms with van der Waals surface area (Å²) < 4.78 is 7.63. The number of hydrogen-bond donors (Lipinski definition) is 1. The van der Waals surface area contributed by atoms with Crippen LogP contribution in [0.1, 0.15) is 18.3 Å². The van der Waals surface area contributed by atoms with E-state index in [0.717, 1.165) is 39.0 Å². The molecule has 7 heteroatoms. The van der Waals surface area contributed by atoms with Crippen LogP contribution in [0.25, 0.3) is 16.2 Å². The lowest BCUT2D eigenvalue weighted by Gasteiger charge is -2.28. The summed E-state index contributed by atoms with van der Waals surface area (Å²) in [7, 11) is 0. The molecule has 1 aliphatic heterocycles. The fraction of sp³-hybridized carbons (Fsp3) is 0.294. The number of carbonyl (C=O) groups is 1. The fourth-order valence-corrected chi connectivity index (χ4v) is 4.07. The Labute approximate surface area is 143 Å². The third-order valence-electron chi connectivity index (χ3n) is 4.31. The van der Waals surface area contributed by atoms with Gasteiger partial charge in [0.2, 0.25) is 0 Å². The first kappa shape index (κ1) is 15.2. The number of aryl methyl sites for hydroxylation is 1. The maximum absolute atomic E-state index is 12.1. The first-order valence-electron chi connectivity index (χ1n) is 7.87. The number of hydrogen-bond acceptors (Lipinski definition) is 5. The zero-order chi connectivity index (χ0) is 16.8. The smallest absolute Gasteiger partial charge is 0.265 e. The van der Waals surface area contributed by atoms with E-state index in [1.807, 2.05) is 32.0 Å². The van der Waals surface area contributed by atoms with Crippen molar-refractivity contribution in [2.75, 3.05) is 18.1 Å². The van der Waals surface area contributed by atoms with Gasteiger partial charge in [-0.05, 0) is 32.0 Å². The van der Waals surface area contributed by atoms with Crippen LogP contribution < -0.4 is 15.4 Å². The molecule has 4 rings (SSSR count). The van der Waals surface area contributed by atoms with Crippen molar-refractivity contribution in [1.82, 2.24) is 9.38 Å². The minimum Gasteiger partial charge on any atom is -0.482 e. The molecule has 3 heterocycles. The van der Waals surface area contributed by atoms with Gasteiger partial charge in [0.05, 0.1) is 17.1 Å².